The number of nitrogens with one attached hydrogen (secondary N) is 2. The summed E-state index contributed by atoms with van der Waals surface area (Å²) in [7, 11) is 0. The normalized spacial score (nSPS) is 11.0. The van der Waals surface area contributed by atoms with Gasteiger partial charge in [-0.1, -0.05) is 48.2 Å². The number of hydrogen-bond donors (Lipinski definition) is 2. The third-order valence-corrected chi connectivity index (χ3v) is 5.03. The lowest BCUT2D eigenvalue weighted by atomic mass is 10.2. The van der Waals surface area contributed by atoms with Gasteiger partial charge in [0.05, 0.1) is 5.75 Å². The number of aryl methyl sites for hydroxylation is 1. The van der Waals surface area contributed by atoms with Gasteiger partial charge in [-0.05, 0) is 64.9 Å². The number of carbonyl (C=O) groups excluding carboxylic acids is 1. The molecule has 0 fully saturated rings. The first-order chi connectivity index (χ1) is 12.6. The Kier molecular flexibility index (Phi) is 6.45. The van der Waals surface area contributed by atoms with Crippen molar-refractivity contribution in [3.8, 4) is 0 Å². The maximum Gasteiger partial charge on any atom is 0.234 e. The van der Waals surface area contributed by atoms with Gasteiger partial charge in [-0.15, -0.1) is 5.10 Å². The summed E-state index contributed by atoms with van der Waals surface area (Å²) >= 11 is 3.55. The van der Waals surface area contributed by atoms with E-state index in [-0.39, 0.29) is 11.7 Å². The Labute approximate surface area is 169 Å². The molecule has 132 valence electrons. The number of aromatic amines is 1. The van der Waals surface area contributed by atoms with Crippen LogP contribution in [0.5, 0.6) is 0 Å². The van der Waals surface area contributed by atoms with E-state index in [1.165, 1.54) is 11.8 Å². The van der Waals surface area contributed by atoms with E-state index in [4.69, 9.17) is 0 Å². The van der Waals surface area contributed by atoms with Crippen molar-refractivity contribution in [3.63, 3.8) is 0 Å². The van der Waals surface area contributed by atoms with Gasteiger partial charge in [-0.3, -0.25) is 9.89 Å². The summed E-state index contributed by atoms with van der Waals surface area (Å²) in [6.07, 6.45) is 3.82. The summed E-state index contributed by atoms with van der Waals surface area (Å²) in [6.45, 7) is 1.98. The number of hydrogen-bond acceptors (Lipinski definition) is 4. The van der Waals surface area contributed by atoms with Crippen LogP contribution >= 0.6 is 34.4 Å². The Bertz CT molecular complexity index is 924. The fourth-order valence-corrected chi connectivity index (χ4v) is 3.47. The van der Waals surface area contributed by atoms with Crippen LogP contribution in [0.4, 0.5) is 5.69 Å². The number of nitrogens with zero attached hydrogens (tertiary/aromatic N) is 2. The van der Waals surface area contributed by atoms with Crippen molar-refractivity contribution in [3.05, 3.63) is 69.1 Å². The molecule has 0 spiro atoms. The van der Waals surface area contributed by atoms with Crippen molar-refractivity contribution < 1.29 is 4.79 Å². The molecule has 0 bridgehead atoms. The third-order valence-electron chi connectivity index (χ3n) is 3.51. The number of H-pyrrole nitrogens is 1. The molecule has 1 aromatic heterocycles. The Hall–Kier alpha value is -2.13. The maximum absolute atomic E-state index is 12.1. The topological polar surface area (TPSA) is 70.7 Å². The maximum atomic E-state index is 12.1. The molecular weight excluding hydrogens is 459 g/mol. The van der Waals surface area contributed by atoms with Crippen LogP contribution in [0.15, 0.2) is 53.7 Å². The lowest BCUT2D eigenvalue weighted by molar-refractivity contribution is -0.113. The Morgan fingerprint density at radius 3 is 2.81 bits per heavy atom. The molecule has 1 amide bonds. The van der Waals surface area contributed by atoms with Gasteiger partial charge >= 0.3 is 0 Å². The standard InChI is InChI=1S/C19H17IN4OS/c1-13-11-15(20)8-9-16(13)21-18(25)12-26-19-22-17(23-24-19)10-7-14-5-3-2-4-6-14/h2-11H,12H2,1H3,(H,21,25)(H,22,23,24)/b10-7+. The lowest BCUT2D eigenvalue weighted by Crippen LogP contribution is -2.15. The van der Waals surface area contributed by atoms with E-state index in [0.717, 1.165) is 20.4 Å². The first-order valence-electron chi connectivity index (χ1n) is 7.94. The van der Waals surface area contributed by atoms with Crippen LogP contribution in [0.2, 0.25) is 0 Å². The highest BCUT2D eigenvalue weighted by atomic mass is 127. The zero-order valence-electron chi connectivity index (χ0n) is 14.1. The molecular formula is C19H17IN4OS. The van der Waals surface area contributed by atoms with Crippen molar-refractivity contribution in [2.45, 2.75) is 12.1 Å². The highest BCUT2D eigenvalue weighted by Gasteiger charge is 2.08. The SMILES string of the molecule is Cc1cc(I)ccc1NC(=O)CSc1n[nH]c(/C=C/c2ccccc2)n1. The van der Waals surface area contributed by atoms with Crippen LogP contribution < -0.4 is 5.32 Å². The molecule has 26 heavy (non-hydrogen) atoms. The first kappa shape index (κ1) is 18.7. The molecule has 0 aliphatic carbocycles. The summed E-state index contributed by atoms with van der Waals surface area (Å²) in [4.78, 5) is 16.5. The summed E-state index contributed by atoms with van der Waals surface area (Å²) in [6, 6.07) is 15.9. The predicted octanol–water partition coefficient (Wildman–Crippen LogP) is 4.62. The number of carbonyl (C=O) groups is 1. The van der Waals surface area contributed by atoms with Crippen LogP contribution in [0.25, 0.3) is 12.2 Å². The Morgan fingerprint density at radius 2 is 2.04 bits per heavy atom. The van der Waals surface area contributed by atoms with Crippen molar-refractivity contribution in [1.82, 2.24) is 15.2 Å². The minimum Gasteiger partial charge on any atom is -0.325 e. The first-order valence-corrected chi connectivity index (χ1v) is 10.0. The Balaban J connectivity index is 1.53. The highest BCUT2D eigenvalue weighted by Crippen LogP contribution is 2.19. The second-order valence-electron chi connectivity index (χ2n) is 5.54. The average Bonchev–Trinajstić information content (AvgIpc) is 3.09. The minimum absolute atomic E-state index is 0.0783. The molecule has 3 rings (SSSR count). The number of aromatic nitrogens is 3. The second-order valence-corrected chi connectivity index (χ2v) is 7.73. The van der Waals surface area contributed by atoms with Gasteiger partial charge in [0.25, 0.3) is 0 Å². The van der Waals surface area contributed by atoms with E-state index in [9.17, 15) is 4.79 Å². The summed E-state index contributed by atoms with van der Waals surface area (Å²) in [5.41, 5.74) is 2.96. The quantitative estimate of drug-likeness (QED) is 0.403. The van der Waals surface area contributed by atoms with Crippen LogP contribution in [0.3, 0.4) is 0 Å². The largest absolute Gasteiger partial charge is 0.325 e. The molecule has 7 heteroatoms. The lowest BCUT2D eigenvalue weighted by Gasteiger charge is -2.07. The van der Waals surface area contributed by atoms with E-state index >= 15 is 0 Å². The summed E-state index contributed by atoms with van der Waals surface area (Å²) in [5, 5.41) is 10.5. The number of benzene rings is 2. The van der Waals surface area contributed by atoms with Crippen molar-refractivity contribution in [2.75, 3.05) is 11.1 Å². The number of anilines is 1. The number of amides is 1. The third kappa shape index (κ3) is 5.43. The average molecular weight is 476 g/mol. The monoisotopic (exact) mass is 476 g/mol. The van der Waals surface area contributed by atoms with E-state index in [0.29, 0.717) is 11.0 Å². The molecule has 2 aromatic carbocycles. The van der Waals surface area contributed by atoms with E-state index < -0.39 is 0 Å². The predicted molar refractivity (Wildman–Crippen MR) is 115 cm³/mol. The minimum atomic E-state index is -0.0783. The molecule has 0 aliphatic rings. The van der Waals surface area contributed by atoms with Crippen LogP contribution in [-0.2, 0) is 4.79 Å². The summed E-state index contributed by atoms with van der Waals surface area (Å²) < 4.78 is 1.14. The van der Waals surface area contributed by atoms with Gasteiger partial charge in [0, 0.05) is 9.26 Å². The fraction of sp³-hybridized carbons (Fsp3) is 0.105. The van der Waals surface area contributed by atoms with Crippen LogP contribution in [0.1, 0.15) is 17.0 Å². The van der Waals surface area contributed by atoms with Gasteiger partial charge < -0.3 is 5.32 Å². The van der Waals surface area contributed by atoms with Gasteiger partial charge in [-0.2, -0.15) is 0 Å². The molecule has 0 radical (unpaired) electrons. The fourth-order valence-electron chi connectivity index (χ4n) is 2.22. The highest BCUT2D eigenvalue weighted by molar-refractivity contribution is 14.1. The molecule has 0 atom stereocenters. The van der Waals surface area contributed by atoms with Crippen LogP contribution in [0, 0.1) is 10.5 Å². The molecule has 0 saturated carbocycles. The van der Waals surface area contributed by atoms with E-state index in [1.807, 2.05) is 67.6 Å². The summed E-state index contributed by atoms with van der Waals surface area (Å²) in [5.74, 6) is 0.834. The van der Waals surface area contributed by atoms with Gasteiger partial charge in [0.15, 0.2) is 0 Å². The van der Waals surface area contributed by atoms with Gasteiger partial charge in [-0.25, -0.2) is 4.98 Å². The second kappa shape index (κ2) is 9.00. The van der Waals surface area contributed by atoms with Crippen LogP contribution in [-0.4, -0.2) is 26.8 Å². The zero-order valence-corrected chi connectivity index (χ0v) is 17.0. The number of halogens is 1. The molecule has 1 heterocycles. The molecule has 3 aromatic rings. The van der Waals surface area contributed by atoms with E-state index in [1.54, 1.807) is 0 Å². The van der Waals surface area contributed by atoms with Crippen molar-refractivity contribution >= 4 is 58.1 Å². The van der Waals surface area contributed by atoms with E-state index in [2.05, 4.69) is 43.1 Å². The molecule has 2 N–H and O–H groups in total. The van der Waals surface area contributed by atoms with Crippen molar-refractivity contribution in [1.29, 1.82) is 0 Å². The van der Waals surface area contributed by atoms with Crippen molar-refractivity contribution in [2.24, 2.45) is 0 Å². The number of rotatable bonds is 6. The molecule has 0 aliphatic heterocycles. The van der Waals surface area contributed by atoms with Gasteiger partial charge in [0.2, 0.25) is 11.1 Å². The molecule has 0 unspecified atom stereocenters. The molecule has 5 nitrogen and oxygen atoms in total. The molecule has 0 saturated heterocycles. The number of thioether (sulfide) groups is 1. The zero-order chi connectivity index (χ0) is 18.4. The van der Waals surface area contributed by atoms with Gasteiger partial charge in [0.1, 0.15) is 5.82 Å². The Morgan fingerprint density at radius 1 is 1.23 bits per heavy atom. The smallest absolute Gasteiger partial charge is 0.234 e.